The third-order valence-electron chi connectivity index (χ3n) is 3.23. The van der Waals surface area contributed by atoms with E-state index in [1.54, 1.807) is 20.8 Å². The molecule has 1 aliphatic rings. The van der Waals surface area contributed by atoms with E-state index in [0.29, 0.717) is 0 Å². The number of nitrogens with zero attached hydrogens (tertiary/aromatic N) is 2. The number of hydrogen-bond donors (Lipinski definition) is 1. The topological polar surface area (TPSA) is 71.5 Å². The standard InChI is InChI=1S/C15H18BrF2N3O3/c1-15(2,3)24-14(23)21-7-9(18)5-11(21)13(22)20-12-10(16)4-8(17)6-19-12/h4,6,9,11H,5,7H2,1-3H3,(H,19,20,22)/t9-,11+/m1/s1. The van der Waals surface area contributed by atoms with Crippen molar-refractivity contribution in [2.24, 2.45) is 0 Å². The average Bonchev–Trinajstić information content (AvgIpc) is 2.82. The predicted octanol–water partition coefficient (Wildman–Crippen LogP) is 3.27. The number of anilines is 1. The summed E-state index contributed by atoms with van der Waals surface area (Å²) in [4.78, 5) is 29.4. The molecular formula is C15H18BrF2N3O3. The van der Waals surface area contributed by atoms with Gasteiger partial charge in [0.05, 0.1) is 17.2 Å². The van der Waals surface area contributed by atoms with Gasteiger partial charge in [0, 0.05) is 6.42 Å². The number of alkyl halides is 1. The molecule has 24 heavy (non-hydrogen) atoms. The molecule has 1 aromatic rings. The van der Waals surface area contributed by atoms with Crippen LogP contribution in [0.1, 0.15) is 27.2 Å². The third-order valence-corrected chi connectivity index (χ3v) is 3.83. The van der Waals surface area contributed by atoms with E-state index in [2.05, 4.69) is 26.2 Å². The summed E-state index contributed by atoms with van der Waals surface area (Å²) in [6.07, 6.45) is -1.27. The van der Waals surface area contributed by atoms with Crippen molar-refractivity contribution in [2.45, 2.75) is 45.0 Å². The van der Waals surface area contributed by atoms with Gasteiger partial charge in [0.2, 0.25) is 5.91 Å². The largest absolute Gasteiger partial charge is 0.444 e. The van der Waals surface area contributed by atoms with E-state index in [1.165, 1.54) is 0 Å². The van der Waals surface area contributed by atoms with Crippen molar-refractivity contribution >= 4 is 33.7 Å². The summed E-state index contributed by atoms with van der Waals surface area (Å²) in [5.41, 5.74) is -0.756. The maximum atomic E-state index is 13.7. The zero-order valence-corrected chi connectivity index (χ0v) is 15.1. The van der Waals surface area contributed by atoms with Gasteiger partial charge in [-0.05, 0) is 42.8 Å². The van der Waals surface area contributed by atoms with Crippen molar-refractivity contribution in [3.63, 3.8) is 0 Å². The first-order chi connectivity index (χ1) is 11.1. The van der Waals surface area contributed by atoms with Crippen molar-refractivity contribution in [3.05, 3.63) is 22.6 Å². The quantitative estimate of drug-likeness (QED) is 0.819. The van der Waals surface area contributed by atoms with Crippen molar-refractivity contribution in [2.75, 3.05) is 11.9 Å². The second-order valence-corrected chi connectivity index (χ2v) is 7.31. The smallest absolute Gasteiger partial charge is 0.411 e. The number of amides is 2. The fraction of sp³-hybridized carbons (Fsp3) is 0.533. The van der Waals surface area contributed by atoms with E-state index in [9.17, 15) is 18.4 Å². The van der Waals surface area contributed by atoms with Crippen LogP contribution in [0.5, 0.6) is 0 Å². The van der Waals surface area contributed by atoms with E-state index < -0.39 is 35.6 Å². The zero-order chi connectivity index (χ0) is 18.1. The van der Waals surface area contributed by atoms with Crippen LogP contribution >= 0.6 is 15.9 Å². The highest BCUT2D eigenvalue weighted by atomic mass is 79.9. The molecule has 9 heteroatoms. The highest BCUT2D eigenvalue weighted by Crippen LogP contribution is 2.26. The molecule has 0 radical (unpaired) electrons. The minimum Gasteiger partial charge on any atom is -0.444 e. The average molecular weight is 406 g/mol. The Morgan fingerprint density at radius 1 is 1.46 bits per heavy atom. The van der Waals surface area contributed by atoms with Crippen LogP contribution in [0.2, 0.25) is 0 Å². The lowest BCUT2D eigenvalue weighted by atomic mass is 10.2. The fourth-order valence-electron chi connectivity index (χ4n) is 2.26. The number of pyridine rings is 1. The number of halogens is 3. The van der Waals surface area contributed by atoms with Crippen molar-refractivity contribution in [3.8, 4) is 0 Å². The summed E-state index contributed by atoms with van der Waals surface area (Å²) in [5.74, 6) is -1.09. The zero-order valence-electron chi connectivity index (χ0n) is 13.5. The molecule has 1 aliphatic heterocycles. The van der Waals surface area contributed by atoms with E-state index in [4.69, 9.17) is 4.74 Å². The third kappa shape index (κ3) is 4.62. The Kier molecular flexibility index (Phi) is 5.42. The summed E-state index contributed by atoms with van der Waals surface area (Å²) in [6.45, 7) is 4.83. The lowest BCUT2D eigenvalue weighted by molar-refractivity contribution is -0.120. The van der Waals surface area contributed by atoms with Crippen LogP contribution in [0.15, 0.2) is 16.7 Å². The van der Waals surface area contributed by atoms with Crippen LogP contribution in [-0.2, 0) is 9.53 Å². The van der Waals surface area contributed by atoms with Gasteiger partial charge in [0.25, 0.3) is 0 Å². The van der Waals surface area contributed by atoms with Crippen molar-refractivity contribution < 1.29 is 23.1 Å². The predicted molar refractivity (Wildman–Crippen MR) is 86.8 cm³/mol. The Morgan fingerprint density at radius 3 is 2.71 bits per heavy atom. The molecule has 2 amide bonds. The fourth-order valence-corrected chi connectivity index (χ4v) is 2.68. The SMILES string of the molecule is CC(C)(C)OC(=O)N1C[C@H](F)C[C@H]1C(=O)Nc1ncc(F)cc1Br. The Hall–Kier alpha value is -1.77. The van der Waals surface area contributed by atoms with Crippen LogP contribution in [0.25, 0.3) is 0 Å². The van der Waals surface area contributed by atoms with Gasteiger partial charge in [-0.3, -0.25) is 9.69 Å². The van der Waals surface area contributed by atoms with Gasteiger partial charge in [0.1, 0.15) is 29.4 Å². The second-order valence-electron chi connectivity index (χ2n) is 6.45. The van der Waals surface area contributed by atoms with Gasteiger partial charge >= 0.3 is 6.09 Å². The van der Waals surface area contributed by atoms with Crippen molar-refractivity contribution in [1.82, 2.24) is 9.88 Å². The number of hydrogen-bond acceptors (Lipinski definition) is 4. The van der Waals surface area contributed by atoms with E-state index in [-0.39, 0.29) is 23.3 Å². The second kappa shape index (κ2) is 7.00. The van der Waals surface area contributed by atoms with Crippen molar-refractivity contribution in [1.29, 1.82) is 0 Å². The summed E-state index contributed by atoms with van der Waals surface area (Å²) in [6, 6.07) is 0.120. The lowest BCUT2D eigenvalue weighted by Gasteiger charge is -2.27. The Labute approximate surface area is 146 Å². The molecule has 1 aromatic heterocycles. The molecule has 2 rings (SSSR count). The van der Waals surface area contributed by atoms with Gasteiger partial charge in [-0.15, -0.1) is 0 Å². The molecule has 0 unspecified atom stereocenters. The number of nitrogens with one attached hydrogen (secondary N) is 1. The summed E-state index contributed by atoms with van der Waals surface area (Å²) in [5, 5.41) is 2.47. The van der Waals surface area contributed by atoms with E-state index >= 15 is 0 Å². The van der Waals surface area contributed by atoms with Crippen LogP contribution < -0.4 is 5.32 Å². The van der Waals surface area contributed by atoms with Gasteiger partial charge in [-0.1, -0.05) is 0 Å². The molecule has 6 nitrogen and oxygen atoms in total. The minimum atomic E-state index is -1.32. The lowest BCUT2D eigenvalue weighted by Crippen LogP contribution is -2.45. The highest BCUT2D eigenvalue weighted by Gasteiger charge is 2.41. The molecule has 0 bridgehead atoms. The van der Waals surface area contributed by atoms with Crippen LogP contribution in [-0.4, -0.2) is 46.2 Å². The number of rotatable bonds is 2. The minimum absolute atomic E-state index is 0.0906. The maximum Gasteiger partial charge on any atom is 0.411 e. The van der Waals surface area contributed by atoms with Crippen LogP contribution in [0, 0.1) is 5.82 Å². The van der Waals surface area contributed by atoms with Crippen LogP contribution in [0.4, 0.5) is 19.4 Å². The summed E-state index contributed by atoms with van der Waals surface area (Å²) in [7, 11) is 0. The molecule has 1 fully saturated rings. The molecule has 2 atom stereocenters. The number of likely N-dealkylation sites (tertiary alicyclic amines) is 1. The van der Waals surface area contributed by atoms with Gasteiger partial charge in [-0.2, -0.15) is 0 Å². The van der Waals surface area contributed by atoms with Gasteiger partial charge in [0.15, 0.2) is 0 Å². The molecular weight excluding hydrogens is 388 g/mol. The molecule has 0 aliphatic carbocycles. The normalized spacial score (nSPS) is 20.8. The van der Waals surface area contributed by atoms with E-state index in [1.807, 2.05) is 0 Å². The molecule has 1 N–H and O–H groups in total. The first-order valence-electron chi connectivity index (χ1n) is 7.32. The van der Waals surface area contributed by atoms with Gasteiger partial charge in [-0.25, -0.2) is 18.6 Å². The Bertz CT molecular complexity index is 651. The number of aromatic nitrogens is 1. The number of ether oxygens (including phenoxy) is 1. The molecule has 2 heterocycles. The molecule has 0 spiro atoms. The molecule has 0 aromatic carbocycles. The highest BCUT2D eigenvalue weighted by molar-refractivity contribution is 9.10. The first-order valence-corrected chi connectivity index (χ1v) is 8.11. The summed E-state index contributed by atoms with van der Waals surface area (Å²) >= 11 is 3.08. The maximum absolute atomic E-state index is 13.7. The monoisotopic (exact) mass is 405 g/mol. The number of carbonyl (C=O) groups excluding carboxylic acids is 2. The Morgan fingerprint density at radius 2 is 2.12 bits per heavy atom. The van der Waals surface area contributed by atoms with E-state index in [0.717, 1.165) is 17.2 Å². The number of carbonyl (C=O) groups is 2. The molecule has 132 valence electrons. The van der Waals surface area contributed by atoms with Crippen LogP contribution in [0.3, 0.4) is 0 Å². The molecule has 0 saturated carbocycles. The van der Waals surface area contributed by atoms with Gasteiger partial charge < -0.3 is 10.1 Å². The Balaban J connectivity index is 2.12. The first kappa shape index (κ1) is 18.6. The summed E-state index contributed by atoms with van der Waals surface area (Å²) < 4.78 is 32.2. The molecule has 1 saturated heterocycles.